The summed E-state index contributed by atoms with van der Waals surface area (Å²) in [6, 6.07) is 5.96. The Morgan fingerprint density at radius 2 is 1.76 bits per heavy atom. The van der Waals surface area contributed by atoms with Crippen molar-refractivity contribution in [2.45, 2.75) is 39.7 Å². The maximum absolute atomic E-state index is 12.3. The molecular weight excluding hydrogens is 286 g/mol. The highest BCUT2D eigenvalue weighted by Gasteiger charge is 2.23. The molecule has 1 aliphatic heterocycles. The zero-order chi connectivity index (χ0) is 15.5. The molecule has 1 saturated heterocycles. The lowest BCUT2D eigenvalue weighted by molar-refractivity contribution is 0.0723. The zero-order valence-electron chi connectivity index (χ0n) is 13.1. The summed E-state index contributed by atoms with van der Waals surface area (Å²) < 4.78 is 32.7. The molecule has 1 aromatic carbocycles. The molecule has 1 fully saturated rings. The molecule has 1 heterocycles. The first-order valence-electron chi connectivity index (χ1n) is 7.51. The van der Waals surface area contributed by atoms with E-state index in [9.17, 15) is 8.42 Å². The third-order valence-corrected chi connectivity index (χ3v) is 5.52. The number of hydrogen-bond donors (Lipinski definition) is 1. The van der Waals surface area contributed by atoms with Gasteiger partial charge in [0.05, 0.1) is 5.75 Å². The quantitative estimate of drug-likeness (QED) is 0.909. The average Bonchev–Trinajstić information content (AvgIpc) is 2.37. The van der Waals surface area contributed by atoms with Gasteiger partial charge in [0.1, 0.15) is 0 Å². The molecule has 0 aromatic heterocycles. The van der Waals surface area contributed by atoms with Gasteiger partial charge < -0.3 is 4.74 Å². The number of sulfonamides is 1. The van der Waals surface area contributed by atoms with Crippen molar-refractivity contribution in [3.8, 4) is 0 Å². The van der Waals surface area contributed by atoms with Gasteiger partial charge in [-0.05, 0) is 45.1 Å². The number of aryl methyl sites for hydroxylation is 2. The van der Waals surface area contributed by atoms with Crippen LogP contribution in [0.4, 0.5) is 0 Å². The summed E-state index contributed by atoms with van der Waals surface area (Å²) in [7, 11) is -3.26. The van der Waals surface area contributed by atoms with Gasteiger partial charge in [-0.1, -0.05) is 29.3 Å². The predicted molar refractivity (Wildman–Crippen MR) is 84.8 cm³/mol. The monoisotopic (exact) mass is 311 g/mol. The third kappa shape index (κ3) is 5.09. The van der Waals surface area contributed by atoms with Crippen molar-refractivity contribution in [3.63, 3.8) is 0 Å². The normalized spacial score (nSPS) is 18.6. The number of hydrogen-bond acceptors (Lipinski definition) is 3. The van der Waals surface area contributed by atoms with Crippen LogP contribution in [-0.4, -0.2) is 27.4 Å². The first-order valence-corrected chi connectivity index (χ1v) is 9.17. The van der Waals surface area contributed by atoms with Crippen LogP contribution in [0.15, 0.2) is 18.2 Å². The highest BCUT2D eigenvalue weighted by molar-refractivity contribution is 7.89. The Kier molecular flexibility index (Phi) is 5.41. The fourth-order valence-electron chi connectivity index (χ4n) is 2.87. The minimum atomic E-state index is -3.26. The maximum Gasteiger partial charge on any atom is 0.212 e. The van der Waals surface area contributed by atoms with Crippen molar-refractivity contribution >= 4 is 10.0 Å². The van der Waals surface area contributed by atoms with Crippen molar-refractivity contribution in [2.24, 2.45) is 5.92 Å². The summed E-state index contributed by atoms with van der Waals surface area (Å²) in [5, 5.41) is 0. The Balaban J connectivity index is 2.01. The lowest BCUT2D eigenvalue weighted by atomic mass is 10.0. The van der Waals surface area contributed by atoms with E-state index < -0.39 is 10.0 Å². The molecule has 0 amide bonds. The zero-order valence-corrected chi connectivity index (χ0v) is 13.9. The van der Waals surface area contributed by atoms with Crippen LogP contribution < -0.4 is 4.72 Å². The maximum atomic E-state index is 12.3. The molecule has 1 N–H and O–H groups in total. The van der Waals surface area contributed by atoms with E-state index >= 15 is 0 Å². The van der Waals surface area contributed by atoms with Crippen LogP contribution in [0, 0.1) is 19.8 Å². The van der Waals surface area contributed by atoms with Crippen LogP contribution in [0.2, 0.25) is 0 Å². The summed E-state index contributed by atoms with van der Waals surface area (Å²) in [4.78, 5) is 0. The molecule has 1 aliphatic rings. The molecular formula is C16H25NO3S. The van der Waals surface area contributed by atoms with Crippen molar-refractivity contribution in [1.82, 2.24) is 4.72 Å². The van der Waals surface area contributed by atoms with Crippen LogP contribution in [0.3, 0.4) is 0 Å². The number of benzene rings is 1. The third-order valence-electron chi connectivity index (χ3n) is 3.90. The molecule has 5 heteroatoms. The lowest BCUT2D eigenvalue weighted by Crippen LogP contribution is -2.33. The van der Waals surface area contributed by atoms with E-state index in [0.717, 1.165) is 29.5 Å². The molecule has 1 atom stereocenters. The van der Waals surface area contributed by atoms with Crippen LogP contribution in [0.25, 0.3) is 0 Å². The van der Waals surface area contributed by atoms with E-state index in [0.29, 0.717) is 13.2 Å². The molecule has 2 rings (SSSR count). The number of rotatable bonds is 5. The Morgan fingerprint density at radius 3 is 2.33 bits per heavy atom. The van der Waals surface area contributed by atoms with E-state index in [4.69, 9.17) is 4.74 Å². The van der Waals surface area contributed by atoms with E-state index in [1.807, 2.05) is 32.9 Å². The topological polar surface area (TPSA) is 55.4 Å². The summed E-state index contributed by atoms with van der Waals surface area (Å²) >= 11 is 0. The SMILES string of the molecule is Cc1cc(C)cc([C@@H](C)NS(=O)(=O)CC2CCOCC2)c1. The molecule has 0 unspecified atom stereocenters. The second kappa shape index (κ2) is 6.90. The van der Waals surface area contributed by atoms with Crippen LogP contribution in [0.1, 0.15) is 42.5 Å². The fourth-order valence-corrected chi connectivity index (χ4v) is 4.59. The second-order valence-electron chi connectivity index (χ2n) is 6.10. The summed E-state index contributed by atoms with van der Waals surface area (Å²) in [5.74, 6) is 0.411. The standard InChI is InChI=1S/C16H25NO3S/c1-12-8-13(2)10-16(9-12)14(3)17-21(18,19)11-15-4-6-20-7-5-15/h8-10,14-15,17H,4-7,11H2,1-3H3/t14-/m1/s1. The molecule has 1 aromatic rings. The van der Waals surface area contributed by atoms with Gasteiger partial charge in [0, 0.05) is 19.3 Å². The number of ether oxygens (including phenoxy) is 1. The van der Waals surface area contributed by atoms with E-state index in [-0.39, 0.29) is 17.7 Å². The summed E-state index contributed by atoms with van der Waals surface area (Å²) in [6.07, 6.45) is 1.66. The van der Waals surface area contributed by atoms with Crippen molar-refractivity contribution in [1.29, 1.82) is 0 Å². The van der Waals surface area contributed by atoms with Gasteiger partial charge >= 0.3 is 0 Å². The minimum Gasteiger partial charge on any atom is -0.381 e. The Morgan fingerprint density at radius 1 is 1.19 bits per heavy atom. The lowest BCUT2D eigenvalue weighted by Gasteiger charge is -2.23. The Bertz CT molecular complexity index is 557. The molecule has 118 valence electrons. The molecule has 0 aliphatic carbocycles. The van der Waals surface area contributed by atoms with Crippen LogP contribution >= 0.6 is 0 Å². The summed E-state index contributed by atoms with van der Waals surface area (Å²) in [6.45, 7) is 7.30. The summed E-state index contributed by atoms with van der Waals surface area (Å²) in [5.41, 5.74) is 3.32. The smallest absolute Gasteiger partial charge is 0.212 e. The van der Waals surface area contributed by atoms with E-state index in [1.165, 1.54) is 0 Å². The Labute approximate surface area is 127 Å². The van der Waals surface area contributed by atoms with Gasteiger partial charge in [0.25, 0.3) is 0 Å². The van der Waals surface area contributed by atoms with E-state index in [2.05, 4.69) is 10.8 Å². The second-order valence-corrected chi connectivity index (χ2v) is 7.90. The van der Waals surface area contributed by atoms with Crippen LogP contribution in [0.5, 0.6) is 0 Å². The predicted octanol–water partition coefficient (Wildman–Crippen LogP) is 2.71. The van der Waals surface area contributed by atoms with Gasteiger partial charge in [-0.15, -0.1) is 0 Å². The van der Waals surface area contributed by atoms with E-state index in [1.54, 1.807) is 0 Å². The molecule has 0 radical (unpaired) electrons. The first-order chi connectivity index (χ1) is 9.85. The minimum absolute atomic E-state index is 0.200. The largest absolute Gasteiger partial charge is 0.381 e. The van der Waals surface area contributed by atoms with Gasteiger partial charge in [0.15, 0.2) is 0 Å². The number of nitrogens with one attached hydrogen (secondary N) is 1. The van der Waals surface area contributed by atoms with Crippen molar-refractivity contribution < 1.29 is 13.2 Å². The molecule has 21 heavy (non-hydrogen) atoms. The van der Waals surface area contributed by atoms with Crippen molar-refractivity contribution in [3.05, 3.63) is 34.9 Å². The highest BCUT2D eigenvalue weighted by Crippen LogP contribution is 2.20. The van der Waals surface area contributed by atoms with Gasteiger partial charge in [0.2, 0.25) is 10.0 Å². The first kappa shape index (κ1) is 16.5. The van der Waals surface area contributed by atoms with Gasteiger partial charge in [-0.3, -0.25) is 0 Å². The van der Waals surface area contributed by atoms with Crippen LogP contribution in [-0.2, 0) is 14.8 Å². The van der Waals surface area contributed by atoms with Gasteiger partial charge in [-0.25, -0.2) is 13.1 Å². The van der Waals surface area contributed by atoms with Gasteiger partial charge in [-0.2, -0.15) is 0 Å². The molecule has 0 bridgehead atoms. The molecule has 0 saturated carbocycles. The average molecular weight is 311 g/mol. The van der Waals surface area contributed by atoms with Crippen molar-refractivity contribution in [2.75, 3.05) is 19.0 Å². The molecule has 4 nitrogen and oxygen atoms in total. The molecule has 0 spiro atoms. The highest BCUT2D eigenvalue weighted by atomic mass is 32.2. The Hall–Kier alpha value is -0.910. The fraction of sp³-hybridized carbons (Fsp3) is 0.625.